The molecule has 1 aromatic heterocycles. The average Bonchev–Trinajstić information content (AvgIpc) is 2.91. The van der Waals surface area contributed by atoms with E-state index in [-0.39, 0.29) is 11.4 Å². The van der Waals surface area contributed by atoms with Gasteiger partial charge in [-0.25, -0.2) is 4.98 Å². The number of ether oxygens (including phenoxy) is 2. The van der Waals surface area contributed by atoms with Crippen LogP contribution in [0.2, 0.25) is 0 Å². The molecule has 2 heterocycles. The lowest BCUT2D eigenvalue weighted by Gasteiger charge is -2.14. The Morgan fingerprint density at radius 3 is 2.85 bits per heavy atom. The highest BCUT2D eigenvalue weighted by molar-refractivity contribution is 5.95. The van der Waals surface area contributed by atoms with Crippen LogP contribution >= 0.6 is 0 Å². The Bertz CT molecular complexity index is 499. The molecule has 0 aromatic carbocycles. The zero-order chi connectivity index (χ0) is 14.8. The van der Waals surface area contributed by atoms with Gasteiger partial charge in [-0.05, 0) is 12.8 Å². The molecule has 0 spiro atoms. The Hall–Kier alpha value is -1.83. The second-order valence-corrected chi connectivity index (χ2v) is 4.26. The van der Waals surface area contributed by atoms with Crippen LogP contribution in [0, 0.1) is 0 Å². The molecule has 0 aliphatic carbocycles. The summed E-state index contributed by atoms with van der Waals surface area (Å²) in [4.78, 5) is 15.1. The van der Waals surface area contributed by atoms with Crippen molar-refractivity contribution in [2.75, 3.05) is 19.0 Å². The zero-order valence-corrected chi connectivity index (χ0v) is 10.7. The summed E-state index contributed by atoms with van der Waals surface area (Å²) in [7, 11) is 1.22. The van der Waals surface area contributed by atoms with Gasteiger partial charge in [0.1, 0.15) is 23.2 Å². The van der Waals surface area contributed by atoms with Gasteiger partial charge in [-0.2, -0.15) is 13.2 Å². The maximum Gasteiger partial charge on any atom is 0.433 e. The topological polar surface area (TPSA) is 60.5 Å². The number of carbonyl (C=O) groups excluding carboxylic acids is 1. The van der Waals surface area contributed by atoms with E-state index in [9.17, 15) is 18.0 Å². The number of anilines is 1. The number of nitrogens with one attached hydrogen (secondary N) is 1. The summed E-state index contributed by atoms with van der Waals surface area (Å²) in [5.41, 5.74) is -0.995. The third-order valence-electron chi connectivity index (χ3n) is 2.86. The van der Waals surface area contributed by atoms with Gasteiger partial charge >= 0.3 is 6.18 Å². The molecular formula is C12H13F3N2O3. The van der Waals surface area contributed by atoms with Gasteiger partial charge in [0.15, 0.2) is 0 Å². The van der Waals surface area contributed by atoms with Crippen molar-refractivity contribution in [3.8, 4) is 5.75 Å². The van der Waals surface area contributed by atoms with Crippen LogP contribution in [0.3, 0.4) is 0 Å². The van der Waals surface area contributed by atoms with Gasteiger partial charge in [0.25, 0.3) is 5.91 Å². The monoisotopic (exact) mass is 290 g/mol. The van der Waals surface area contributed by atoms with Gasteiger partial charge in [0.05, 0.1) is 13.3 Å². The first kappa shape index (κ1) is 14.6. The number of rotatable bonds is 3. The minimum Gasteiger partial charge on any atom is -0.494 e. The number of hydrogen-bond acceptors (Lipinski definition) is 4. The van der Waals surface area contributed by atoms with Crippen LogP contribution < -0.4 is 10.1 Å². The molecule has 110 valence electrons. The number of alkyl halides is 3. The summed E-state index contributed by atoms with van der Waals surface area (Å²) < 4.78 is 47.6. The Kier molecular flexibility index (Phi) is 4.12. The predicted molar refractivity (Wildman–Crippen MR) is 63.4 cm³/mol. The number of methoxy groups -OCH3 is 1. The molecule has 20 heavy (non-hydrogen) atoms. The lowest BCUT2D eigenvalue weighted by Crippen LogP contribution is -2.27. The number of aromatic nitrogens is 1. The fourth-order valence-corrected chi connectivity index (χ4v) is 1.85. The van der Waals surface area contributed by atoms with Crippen molar-refractivity contribution in [1.29, 1.82) is 0 Å². The molecule has 1 fully saturated rings. The summed E-state index contributed by atoms with van der Waals surface area (Å²) in [5, 5.41) is 2.46. The van der Waals surface area contributed by atoms with Crippen LogP contribution in [-0.2, 0) is 15.7 Å². The van der Waals surface area contributed by atoms with Gasteiger partial charge in [-0.1, -0.05) is 0 Å². The van der Waals surface area contributed by atoms with Crippen LogP contribution in [0.15, 0.2) is 12.3 Å². The summed E-state index contributed by atoms with van der Waals surface area (Å²) >= 11 is 0. The third kappa shape index (κ3) is 3.19. The van der Waals surface area contributed by atoms with Crippen LogP contribution in [0.25, 0.3) is 0 Å². The van der Waals surface area contributed by atoms with Gasteiger partial charge in [-0.3, -0.25) is 4.79 Å². The second kappa shape index (κ2) is 5.66. The lowest BCUT2D eigenvalue weighted by atomic mass is 10.2. The molecule has 0 bridgehead atoms. The number of amides is 1. The quantitative estimate of drug-likeness (QED) is 0.927. The normalized spacial score (nSPS) is 18.9. The third-order valence-corrected chi connectivity index (χ3v) is 2.86. The SMILES string of the molecule is COc1cc(C(F)(F)F)ncc1NC(=O)C1CCCO1. The number of pyridine rings is 1. The summed E-state index contributed by atoms with van der Waals surface area (Å²) in [5.74, 6) is -0.513. The van der Waals surface area contributed by atoms with Crippen molar-refractivity contribution < 1.29 is 27.4 Å². The second-order valence-electron chi connectivity index (χ2n) is 4.26. The highest BCUT2D eigenvalue weighted by Gasteiger charge is 2.33. The molecule has 8 heteroatoms. The van der Waals surface area contributed by atoms with Crippen molar-refractivity contribution in [3.05, 3.63) is 18.0 Å². The van der Waals surface area contributed by atoms with E-state index in [1.165, 1.54) is 7.11 Å². The molecule has 1 N–H and O–H groups in total. The minimum atomic E-state index is -4.57. The molecule has 1 atom stereocenters. The molecule has 1 aliphatic rings. The predicted octanol–water partition coefficient (Wildman–Crippen LogP) is 2.23. The van der Waals surface area contributed by atoms with Crippen LogP contribution in [0.1, 0.15) is 18.5 Å². The first-order valence-electron chi connectivity index (χ1n) is 5.95. The van der Waals surface area contributed by atoms with Crippen molar-refractivity contribution in [2.24, 2.45) is 0 Å². The first-order valence-corrected chi connectivity index (χ1v) is 5.95. The summed E-state index contributed by atoms with van der Waals surface area (Å²) in [6.45, 7) is 0.500. The van der Waals surface area contributed by atoms with Crippen LogP contribution in [0.4, 0.5) is 18.9 Å². The van der Waals surface area contributed by atoms with E-state index >= 15 is 0 Å². The summed E-state index contributed by atoms with van der Waals surface area (Å²) in [6.07, 6.45) is -2.86. The molecule has 0 saturated carbocycles. The van der Waals surface area contributed by atoms with E-state index in [0.717, 1.165) is 18.7 Å². The fourth-order valence-electron chi connectivity index (χ4n) is 1.85. The molecule has 2 rings (SSSR count). The largest absolute Gasteiger partial charge is 0.494 e. The number of hydrogen-bond donors (Lipinski definition) is 1. The molecule has 5 nitrogen and oxygen atoms in total. The Morgan fingerprint density at radius 1 is 1.55 bits per heavy atom. The maximum absolute atomic E-state index is 12.5. The molecule has 1 aromatic rings. The Morgan fingerprint density at radius 2 is 2.30 bits per heavy atom. The Labute approximate surface area is 113 Å². The highest BCUT2D eigenvalue weighted by atomic mass is 19.4. The molecule has 1 unspecified atom stereocenters. The smallest absolute Gasteiger partial charge is 0.433 e. The van der Waals surface area contributed by atoms with Gasteiger partial charge in [0, 0.05) is 12.7 Å². The fraction of sp³-hybridized carbons (Fsp3) is 0.500. The molecule has 1 aliphatic heterocycles. The van der Waals surface area contributed by atoms with Crippen molar-refractivity contribution >= 4 is 11.6 Å². The van der Waals surface area contributed by atoms with E-state index in [0.29, 0.717) is 13.0 Å². The van der Waals surface area contributed by atoms with E-state index in [1.54, 1.807) is 0 Å². The van der Waals surface area contributed by atoms with E-state index in [4.69, 9.17) is 9.47 Å². The average molecular weight is 290 g/mol. The molecule has 1 saturated heterocycles. The molecule has 0 radical (unpaired) electrons. The first-order chi connectivity index (χ1) is 9.41. The lowest BCUT2D eigenvalue weighted by molar-refractivity contribution is -0.141. The number of carbonyl (C=O) groups is 1. The molecule has 1 amide bonds. The van der Waals surface area contributed by atoms with Gasteiger partial charge in [-0.15, -0.1) is 0 Å². The highest BCUT2D eigenvalue weighted by Crippen LogP contribution is 2.33. The molecular weight excluding hydrogens is 277 g/mol. The van der Waals surface area contributed by atoms with Gasteiger partial charge in [0.2, 0.25) is 0 Å². The van der Waals surface area contributed by atoms with Crippen LogP contribution in [-0.4, -0.2) is 30.7 Å². The van der Waals surface area contributed by atoms with E-state index in [2.05, 4.69) is 10.3 Å². The minimum absolute atomic E-state index is 0.0843. The number of nitrogens with zero attached hydrogens (tertiary/aromatic N) is 1. The maximum atomic E-state index is 12.5. The van der Waals surface area contributed by atoms with Crippen LogP contribution in [0.5, 0.6) is 5.75 Å². The number of halogens is 3. The van der Waals surface area contributed by atoms with Crippen molar-refractivity contribution in [2.45, 2.75) is 25.1 Å². The van der Waals surface area contributed by atoms with Crippen molar-refractivity contribution in [3.63, 3.8) is 0 Å². The zero-order valence-electron chi connectivity index (χ0n) is 10.7. The van der Waals surface area contributed by atoms with Gasteiger partial charge < -0.3 is 14.8 Å². The van der Waals surface area contributed by atoms with Crippen molar-refractivity contribution in [1.82, 2.24) is 4.98 Å². The Balaban J connectivity index is 2.17. The van der Waals surface area contributed by atoms with E-state index < -0.39 is 23.9 Å². The standard InChI is InChI=1S/C12H13F3N2O3/c1-19-9-5-10(12(13,14)15)16-6-7(9)17-11(18)8-3-2-4-20-8/h5-6,8H,2-4H2,1H3,(H,17,18). The van der Waals surface area contributed by atoms with E-state index in [1.807, 2.05) is 0 Å². The summed E-state index contributed by atoms with van der Waals surface area (Å²) in [6, 6.07) is 0.741.